The number of nitrogens with zero attached hydrogens (tertiary/aromatic N) is 2. The van der Waals surface area contributed by atoms with Gasteiger partial charge in [-0.1, -0.05) is 142 Å². The Balaban J connectivity index is 1.06. The highest BCUT2D eigenvalue weighted by Gasteiger charge is 2.28. The molecule has 0 spiro atoms. The Morgan fingerprint density at radius 2 is 0.870 bits per heavy atom. The van der Waals surface area contributed by atoms with Gasteiger partial charge in [0.05, 0.1) is 22.9 Å². The van der Waals surface area contributed by atoms with Crippen molar-refractivity contribution in [2.24, 2.45) is 0 Å². The van der Waals surface area contributed by atoms with E-state index in [1.54, 1.807) is 11.3 Å². The Labute approximate surface area is 429 Å². The predicted molar refractivity (Wildman–Crippen MR) is 305 cm³/mol. The lowest BCUT2D eigenvalue weighted by molar-refractivity contribution is 0.516. The van der Waals surface area contributed by atoms with Crippen molar-refractivity contribution < 1.29 is 8.78 Å². The Morgan fingerprint density at radius 3 is 1.36 bits per heavy atom. The van der Waals surface area contributed by atoms with Gasteiger partial charge in [-0.3, -0.25) is 0 Å². The third kappa shape index (κ3) is 10.9. The Hall–Kier alpha value is -3.60. The largest absolute Gasteiger partial charge is 0.203 e. The van der Waals surface area contributed by atoms with Crippen molar-refractivity contribution in [1.82, 2.24) is 8.75 Å². The van der Waals surface area contributed by atoms with Crippen LogP contribution in [0.2, 0.25) is 0 Å². The Morgan fingerprint density at radius 1 is 0.420 bits per heavy atom. The second-order valence-corrected chi connectivity index (χ2v) is 25.1. The van der Waals surface area contributed by atoms with Crippen molar-refractivity contribution in [2.75, 3.05) is 0 Å². The van der Waals surface area contributed by atoms with Crippen molar-refractivity contribution in [3.8, 4) is 30.6 Å². The SMILES string of the molecule is CCCCCCCCCCCCc1cc2c3cc(CCCCCCCCCCCC)c4cc(-c5sc(-c6c(F)c(F)c(-c7cc(C)c(C)s7)c7nsnc67)cc5C)sc4c3ccc2c2sc(C)cc12. The summed E-state index contributed by atoms with van der Waals surface area (Å²) in [5.41, 5.74) is 6.34. The number of aryl methyl sites for hydroxylation is 6. The average Bonchev–Trinajstić information content (AvgIpc) is 4.20. The molecule has 9 rings (SSSR count). The number of rotatable bonds is 25. The summed E-state index contributed by atoms with van der Waals surface area (Å²) in [6.45, 7) is 13.0. The van der Waals surface area contributed by atoms with Crippen LogP contribution >= 0.6 is 57.1 Å². The standard InChI is InChI=1S/C60H70F2N2S5/c1-7-9-11-13-15-17-19-21-23-25-27-41-34-47-43(59-45(41)33-39(5)65-59)29-30-44-48(47)35-42(28-26-24-22-20-18-16-14-12-10-8-2)46-36-51(68-60(44)46)58-38(4)32-50(67-58)53-55(62)54(61)52(56-57(53)64-69-63-56)49-31-37(3)40(6)66-49/h29-36H,7-28H2,1-6H3. The molecule has 5 aromatic heterocycles. The molecule has 0 saturated carbocycles. The van der Waals surface area contributed by atoms with Crippen LogP contribution in [0.25, 0.3) is 83.4 Å². The molecule has 0 aliphatic rings. The minimum absolute atomic E-state index is 0.216. The molecule has 9 aromatic rings. The number of benzene rings is 4. The summed E-state index contributed by atoms with van der Waals surface area (Å²) in [5.74, 6) is -1.70. The minimum atomic E-state index is -0.850. The zero-order chi connectivity index (χ0) is 48.0. The smallest absolute Gasteiger partial charge is 0.170 e. The number of unbranched alkanes of at least 4 members (excludes halogenated alkanes) is 18. The third-order valence-electron chi connectivity index (χ3n) is 14.7. The number of hydrogen-bond acceptors (Lipinski definition) is 7. The van der Waals surface area contributed by atoms with E-state index in [2.05, 4.69) is 72.8 Å². The number of hydrogen-bond donors (Lipinski definition) is 0. The molecule has 9 heteroatoms. The summed E-state index contributed by atoms with van der Waals surface area (Å²) in [4.78, 5) is 6.11. The lowest BCUT2D eigenvalue weighted by Gasteiger charge is -2.13. The van der Waals surface area contributed by atoms with Gasteiger partial charge < -0.3 is 0 Å². The first kappa shape index (κ1) is 50.3. The summed E-state index contributed by atoms with van der Waals surface area (Å²) in [7, 11) is 0. The molecule has 0 radical (unpaired) electrons. The Bertz CT molecular complexity index is 3180. The fourth-order valence-electron chi connectivity index (χ4n) is 10.7. The average molecular weight is 1020 g/mol. The first-order valence-electron chi connectivity index (χ1n) is 26.3. The summed E-state index contributed by atoms with van der Waals surface area (Å²) in [6, 6.07) is 18.7. The molecule has 5 heterocycles. The molecule has 364 valence electrons. The van der Waals surface area contributed by atoms with E-state index >= 15 is 8.78 Å². The van der Waals surface area contributed by atoms with Crippen LogP contribution < -0.4 is 0 Å². The summed E-state index contributed by atoms with van der Waals surface area (Å²) in [5, 5.41) is 8.21. The van der Waals surface area contributed by atoms with E-state index in [0.29, 0.717) is 20.8 Å². The van der Waals surface area contributed by atoms with Crippen molar-refractivity contribution in [1.29, 1.82) is 0 Å². The van der Waals surface area contributed by atoms with Crippen LogP contribution in [-0.2, 0) is 12.8 Å². The molecule has 4 aromatic carbocycles. The quantitative estimate of drug-likeness (QED) is 0.0421. The van der Waals surface area contributed by atoms with Crippen LogP contribution in [-0.4, -0.2) is 8.75 Å². The van der Waals surface area contributed by atoms with Crippen molar-refractivity contribution >= 4 is 110 Å². The van der Waals surface area contributed by atoms with Gasteiger partial charge in [0.15, 0.2) is 11.6 Å². The maximum atomic E-state index is 16.6. The molecule has 69 heavy (non-hydrogen) atoms. The summed E-state index contributed by atoms with van der Waals surface area (Å²) in [6.07, 6.45) is 28.8. The van der Waals surface area contributed by atoms with Gasteiger partial charge in [0.2, 0.25) is 0 Å². The number of aromatic nitrogens is 2. The number of halogens is 2. The van der Waals surface area contributed by atoms with Crippen LogP contribution in [0.3, 0.4) is 0 Å². The molecule has 0 unspecified atom stereocenters. The predicted octanol–water partition coefficient (Wildman–Crippen LogP) is 22.0. The van der Waals surface area contributed by atoms with E-state index < -0.39 is 11.6 Å². The summed E-state index contributed by atoms with van der Waals surface area (Å²) < 4.78 is 44.8. The maximum absolute atomic E-state index is 16.6. The highest BCUT2D eigenvalue weighted by molar-refractivity contribution is 7.28. The van der Waals surface area contributed by atoms with Crippen molar-refractivity contribution in [2.45, 2.75) is 183 Å². The van der Waals surface area contributed by atoms with Gasteiger partial charge in [-0.05, 0) is 134 Å². The van der Waals surface area contributed by atoms with Gasteiger partial charge in [-0.2, -0.15) is 8.75 Å². The zero-order valence-corrected chi connectivity index (χ0v) is 45.9. The molecule has 0 atom stereocenters. The lowest BCUT2D eigenvalue weighted by atomic mass is 9.92. The fraction of sp³-hybridized carbons (Fsp3) is 0.467. The number of thiophene rings is 4. The van der Waals surface area contributed by atoms with Gasteiger partial charge in [0.1, 0.15) is 11.0 Å². The van der Waals surface area contributed by atoms with E-state index in [4.69, 9.17) is 0 Å². The van der Waals surface area contributed by atoms with Gasteiger partial charge >= 0.3 is 0 Å². The molecule has 0 fully saturated rings. The van der Waals surface area contributed by atoms with Crippen LogP contribution in [0.1, 0.15) is 174 Å². The topological polar surface area (TPSA) is 25.8 Å². The fourth-order valence-corrected chi connectivity index (χ4v) is 16.0. The van der Waals surface area contributed by atoms with E-state index in [1.165, 1.54) is 202 Å². The maximum Gasteiger partial charge on any atom is 0.170 e. The highest BCUT2D eigenvalue weighted by atomic mass is 32.1. The molecule has 0 aliphatic carbocycles. The molecule has 2 nitrogen and oxygen atoms in total. The first-order chi connectivity index (χ1) is 33.7. The van der Waals surface area contributed by atoms with E-state index in [1.807, 2.05) is 48.7 Å². The molecular weight excluding hydrogens is 947 g/mol. The molecule has 0 bridgehead atoms. The number of fused-ring (bicyclic) bond motifs is 8. The Kier molecular flexibility index (Phi) is 17.0. The van der Waals surface area contributed by atoms with E-state index in [-0.39, 0.29) is 11.1 Å². The molecule has 0 aliphatic heterocycles. The van der Waals surface area contributed by atoms with Crippen LogP contribution in [0.15, 0.2) is 48.5 Å². The van der Waals surface area contributed by atoms with Crippen LogP contribution in [0, 0.1) is 39.3 Å². The van der Waals surface area contributed by atoms with Crippen molar-refractivity contribution in [3.05, 3.63) is 92.2 Å². The van der Waals surface area contributed by atoms with Gasteiger partial charge in [-0.25, -0.2) is 8.78 Å². The van der Waals surface area contributed by atoms with E-state index in [9.17, 15) is 0 Å². The molecule has 0 amide bonds. The van der Waals surface area contributed by atoms with Crippen LogP contribution in [0.5, 0.6) is 0 Å². The first-order valence-corrected chi connectivity index (χ1v) is 30.3. The van der Waals surface area contributed by atoms with Gasteiger partial charge in [-0.15, -0.1) is 45.3 Å². The lowest BCUT2D eigenvalue weighted by Crippen LogP contribution is -1.95. The van der Waals surface area contributed by atoms with Crippen LogP contribution in [0.4, 0.5) is 8.78 Å². The second kappa shape index (κ2) is 23.3. The summed E-state index contributed by atoms with van der Waals surface area (Å²) >= 11 is 7.85. The van der Waals surface area contributed by atoms with Crippen molar-refractivity contribution in [3.63, 3.8) is 0 Å². The van der Waals surface area contributed by atoms with E-state index in [0.717, 1.165) is 45.5 Å². The van der Waals surface area contributed by atoms with Gasteiger partial charge in [0, 0.05) is 49.4 Å². The minimum Gasteiger partial charge on any atom is -0.203 e. The molecule has 0 saturated heterocycles. The zero-order valence-electron chi connectivity index (χ0n) is 41.9. The monoisotopic (exact) mass is 1020 g/mol. The van der Waals surface area contributed by atoms with Gasteiger partial charge in [0.25, 0.3) is 0 Å². The third-order valence-corrected chi connectivity index (χ3v) is 20.1. The molecule has 0 N–H and O–H groups in total. The second-order valence-electron chi connectivity index (χ2n) is 20.0. The normalized spacial score (nSPS) is 12.2. The molecular formula is C60H70F2N2S5. The highest BCUT2D eigenvalue weighted by Crippen LogP contribution is 2.50.